The van der Waals surface area contributed by atoms with Crippen molar-refractivity contribution in [3.63, 3.8) is 0 Å². The minimum Gasteiger partial charge on any atom is -0.496 e. The third kappa shape index (κ3) is 4.20. The molecule has 0 radical (unpaired) electrons. The second kappa shape index (κ2) is 7.96. The van der Waals surface area contributed by atoms with Crippen molar-refractivity contribution in [1.82, 2.24) is 9.78 Å². The Morgan fingerprint density at radius 2 is 1.75 bits per heavy atom. The highest BCUT2D eigenvalue weighted by Gasteiger charge is 2.15. The summed E-state index contributed by atoms with van der Waals surface area (Å²) in [5, 5.41) is 9.82. The number of amides is 2. The van der Waals surface area contributed by atoms with Crippen LogP contribution in [0.5, 0.6) is 5.75 Å². The number of benzene rings is 2. The van der Waals surface area contributed by atoms with Gasteiger partial charge in [-0.1, -0.05) is 6.07 Å². The van der Waals surface area contributed by atoms with Crippen LogP contribution in [0.15, 0.2) is 48.5 Å². The summed E-state index contributed by atoms with van der Waals surface area (Å²) in [6.07, 6.45) is 0. The first-order chi connectivity index (χ1) is 13.4. The molecule has 0 aliphatic heterocycles. The van der Waals surface area contributed by atoms with Gasteiger partial charge >= 0.3 is 0 Å². The molecule has 7 heteroatoms. The van der Waals surface area contributed by atoms with Gasteiger partial charge < -0.3 is 15.4 Å². The van der Waals surface area contributed by atoms with Gasteiger partial charge in [0.05, 0.1) is 12.8 Å². The Bertz CT molecular complexity index is 1040. The van der Waals surface area contributed by atoms with E-state index in [0.29, 0.717) is 17.1 Å². The molecule has 0 atom stereocenters. The fourth-order valence-electron chi connectivity index (χ4n) is 2.96. The number of nitrogens with one attached hydrogen (secondary N) is 2. The molecule has 7 nitrogen and oxygen atoms in total. The average molecular weight is 378 g/mol. The lowest BCUT2D eigenvalue weighted by Crippen LogP contribution is -2.13. The van der Waals surface area contributed by atoms with E-state index < -0.39 is 0 Å². The van der Waals surface area contributed by atoms with E-state index in [0.717, 1.165) is 22.6 Å². The van der Waals surface area contributed by atoms with Crippen molar-refractivity contribution in [1.29, 1.82) is 0 Å². The Balaban J connectivity index is 1.81. The van der Waals surface area contributed by atoms with Gasteiger partial charge in [-0.15, -0.1) is 0 Å². The molecule has 0 saturated heterocycles. The molecule has 0 spiro atoms. The van der Waals surface area contributed by atoms with Crippen LogP contribution < -0.4 is 15.4 Å². The summed E-state index contributed by atoms with van der Waals surface area (Å²) in [6.45, 7) is 3.40. The number of rotatable bonds is 5. The van der Waals surface area contributed by atoms with E-state index in [1.54, 1.807) is 49.2 Å². The van der Waals surface area contributed by atoms with Crippen LogP contribution in [-0.4, -0.2) is 28.7 Å². The molecule has 2 N–H and O–H groups in total. The number of nitrogens with zero attached hydrogens (tertiary/aromatic N) is 2. The van der Waals surface area contributed by atoms with Crippen molar-refractivity contribution in [3.8, 4) is 17.0 Å². The maximum atomic E-state index is 12.6. The molecule has 2 aromatic carbocycles. The normalized spacial score (nSPS) is 10.4. The van der Waals surface area contributed by atoms with E-state index in [-0.39, 0.29) is 11.8 Å². The molecule has 28 heavy (non-hydrogen) atoms. The molecule has 0 aliphatic carbocycles. The monoisotopic (exact) mass is 378 g/mol. The average Bonchev–Trinajstić information content (AvgIpc) is 3.03. The molecule has 1 aromatic heterocycles. The summed E-state index contributed by atoms with van der Waals surface area (Å²) in [6, 6.07) is 14.5. The number of carbonyl (C=O) groups is 2. The van der Waals surface area contributed by atoms with E-state index in [1.807, 2.05) is 25.1 Å². The van der Waals surface area contributed by atoms with Crippen LogP contribution in [0, 0.1) is 6.92 Å². The predicted octanol–water partition coefficient (Wildman–Crippen LogP) is 3.61. The number of anilines is 2. The predicted molar refractivity (Wildman–Crippen MR) is 109 cm³/mol. The topological polar surface area (TPSA) is 85.2 Å². The summed E-state index contributed by atoms with van der Waals surface area (Å²) in [4.78, 5) is 23.8. The van der Waals surface area contributed by atoms with E-state index in [9.17, 15) is 9.59 Å². The minimum absolute atomic E-state index is 0.173. The van der Waals surface area contributed by atoms with Crippen molar-refractivity contribution in [2.24, 2.45) is 7.05 Å². The van der Waals surface area contributed by atoms with Gasteiger partial charge in [0.1, 0.15) is 5.75 Å². The molecule has 3 aromatic rings. The second-order valence-corrected chi connectivity index (χ2v) is 6.44. The van der Waals surface area contributed by atoms with Gasteiger partial charge in [-0.2, -0.15) is 5.10 Å². The highest BCUT2D eigenvalue weighted by atomic mass is 16.5. The van der Waals surface area contributed by atoms with Gasteiger partial charge in [-0.3, -0.25) is 14.3 Å². The summed E-state index contributed by atoms with van der Waals surface area (Å²) >= 11 is 0. The molecule has 0 bridgehead atoms. The number of aryl methyl sites for hydroxylation is 2. The molecule has 0 saturated carbocycles. The van der Waals surface area contributed by atoms with E-state index in [4.69, 9.17) is 4.74 Å². The molecule has 0 aliphatic rings. The van der Waals surface area contributed by atoms with E-state index in [2.05, 4.69) is 15.7 Å². The highest BCUT2D eigenvalue weighted by molar-refractivity contribution is 6.04. The maximum Gasteiger partial charge on any atom is 0.276 e. The largest absolute Gasteiger partial charge is 0.496 e. The fourth-order valence-corrected chi connectivity index (χ4v) is 2.96. The molecule has 0 unspecified atom stereocenters. The van der Waals surface area contributed by atoms with Gasteiger partial charge in [-0.05, 0) is 55.0 Å². The van der Waals surface area contributed by atoms with Crippen LogP contribution in [0.3, 0.4) is 0 Å². The number of methoxy groups -OCH3 is 1. The first-order valence-electron chi connectivity index (χ1n) is 8.75. The van der Waals surface area contributed by atoms with Gasteiger partial charge in [0.2, 0.25) is 5.91 Å². The van der Waals surface area contributed by atoms with Crippen LogP contribution in [0.1, 0.15) is 23.0 Å². The Morgan fingerprint density at radius 1 is 1.04 bits per heavy atom. The quantitative estimate of drug-likeness (QED) is 0.710. The van der Waals surface area contributed by atoms with Crippen LogP contribution in [0.4, 0.5) is 11.4 Å². The standard InChI is InChI=1S/C21H22N4O3/c1-13-10-15(8-9-20(13)28-4)19-12-18(24-25(19)3)21(27)23-17-7-5-6-16(11-17)22-14(2)26/h5-12H,1-4H3,(H,22,26)(H,23,27). The summed E-state index contributed by atoms with van der Waals surface area (Å²) in [5.41, 5.74) is 4.25. The summed E-state index contributed by atoms with van der Waals surface area (Å²) < 4.78 is 6.97. The zero-order valence-electron chi connectivity index (χ0n) is 16.2. The second-order valence-electron chi connectivity index (χ2n) is 6.44. The molecule has 3 rings (SSSR count). The number of aromatic nitrogens is 2. The lowest BCUT2D eigenvalue weighted by atomic mass is 10.1. The number of hydrogen-bond donors (Lipinski definition) is 2. The fraction of sp³-hybridized carbons (Fsp3) is 0.190. The lowest BCUT2D eigenvalue weighted by molar-refractivity contribution is -0.114. The van der Waals surface area contributed by atoms with Gasteiger partial charge in [0.25, 0.3) is 5.91 Å². The van der Waals surface area contributed by atoms with Crippen LogP contribution in [-0.2, 0) is 11.8 Å². The van der Waals surface area contributed by atoms with E-state index >= 15 is 0 Å². The zero-order chi connectivity index (χ0) is 20.3. The van der Waals surface area contributed by atoms with Crippen LogP contribution in [0.2, 0.25) is 0 Å². The van der Waals surface area contributed by atoms with Gasteiger partial charge in [-0.25, -0.2) is 0 Å². The van der Waals surface area contributed by atoms with Crippen molar-refractivity contribution in [3.05, 3.63) is 59.8 Å². The van der Waals surface area contributed by atoms with Gasteiger partial charge in [0.15, 0.2) is 5.69 Å². The van der Waals surface area contributed by atoms with Gasteiger partial charge in [0, 0.05) is 30.9 Å². The van der Waals surface area contributed by atoms with Crippen molar-refractivity contribution < 1.29 is 14.3 Å². The highest BCUT2D eigenvalue weighted by Crippen LogP contribution is 2.26. The third-order valence-corrected chi connectivity index (χ3v) is 4.24. The Morgan fingerprint density at radius 3 is 2.39 bits per heavy atom. The number of hydrogen-bond acceptors (Lipinski definition) is 4. The smallest absolute Gasteiger partial charge is 0.276 e. The summed E-state index contributed by atoms with van der Waals surface area (Å²) in [5.74, 6) is 0.308. The summed E-state index contributed by atoms with van der Waals surface area (Å²) in [7, 11) is 3.43. The minimum atomic E-state index is -0.327. The van der Waals surface area contributed by atoms with Crippen molar-refractivity contribution in [2.75, 3.05) is 17.7 Å². The van der Waals surface area contributed by atoms with Crippen molar-refractivity contribution >= 4 is 23.2 Å². The SMILES string of the molecule is COc1ccc(-c2cc(C(=O)Nc3cccc(NC(C)=O)c3)nn2C)cc1C. The lowest BCUT2D eigenvalue weighted by Gasteiger charge is -2.07. The third-order valence-electron chi connectivity index (χ3n) is 4.24. The molecule has 2 amide bonds. The molecular formula is C21H22N4O3. The van der Waals surface area contributed by atoms with Crippen LogP contribution in [0.25, 0.3) is 11.3 Å². The van der Waals surface area contributed by atoms with Crippen LogP contribution >= 0.6 is 0 Å². The molecular weight excluding hydrogens is 356 g/mol. The number of carbonyl (C=O) groups excluding carboxylic acids is 2. The first-order valence-corrected chi connectivity index (χ1v) is 8.75. The van der Waals surface area contributed by atoms with E-state index in [1.165, 1.54) is 6.92 Å². The Labute approximate surface area is 163 Å². The molecule has 1 heterocycles. The zero-order valence-corrected chi connectivity index (χ0v) is 16.2. The molecule has 144 valence electrons. The Kier molecular flexibility index (Phi) is 5.44. The Hall–Kier alpha value is -3.61. The number of ether oxygens (including phenoxy) is 1. The maximum absolute atomic E-state index is 12.6. The van der Waals surface area contributed by atoms with Crippen molar-refractivity contribution in [2.45, 2.75) is 13.8 Å². The molecule has 0 fully saturated rings. The first kappa shape index (κ1) is 19.2.